The van der Waals surface area contributed by atoms with Crippen LogP contribution in [0.3, 0.4) is 0 Å². The van der Waals surface area contributed by atoms with Crippen LogP contribution in [0.15, 0.2) is 0 Å². The summed E-state index contributed by atoms with van der Waals surface area (Å²) in [5.74, 6) is 3.45. The predicted octanol–water partition coefficient (Wildman–Crippen LogP) is 1.24. The third kappa shape index (κ3) is 6.05. The van der Waals surface area contributed by atoms with Gasteiger partial charge in [-0.2, -0.15) is 11.8 Å². The first-order valence-corrected chi connectivity index (χ1v) is 6.91. The quantitative estimate of drug-likeness (QED) is 0.747. The molecule has 0 unspecified atom stereocenters. The second kappa shape index (κ2) is 7.12. The Labute approximate surface area is 96.8 Å². The maximum absolute atomic E-state index is 11.3. The summed E-state index contributed by atoms with van der Waals surface area (Å²) >= 11 is 2.04. The molecular formula is C11H22N2OS. The highest BCUT2D eigenvalue weighted by Gasteiger charge is 2.13. The average molecular weight is 230 g/mol. The molecule has 0 spiro atoms. The van der Waals surface area contributed by atoms with E-state index >= 15 is 0 Å². The molecule has 15 heavy (non-hydrogen) atoms. The van der Waals surface area contributed by atoms with Crippen molar-refractivity contribution in [2.24, 2.45) is 5.92 Å². The van der Waals surface area contributed by atoms with Gasteiger partial charge in [-0.05, 0) is 50.7 Å². The molecule has 0 aromatic heterocycles. The first-order valence-electron chi connectivity index (χ1n) is 5.76. The van der Waals surface area contributed by atoms with Crippen molar-refractivity contribution in [3.8, 4) is 0 Å². The molecule has 88 valence electrons. The molecule has 4 heteroatoms. The van der Waals surface area contributed by atoms with Crippen LogP contribution >= 0.6 is 11.8 Å². The normalized spacial score (nSPS) is 18.1. The van der Waals surface area contributed by atoms with Gasteiger partial charge in [-0.15, -0.1) is 0 Å². The van der Waals surface area contributed by atoms with Gasteiger partial charge in [-0.25, -0.2) is 0 Å². The van der Waals surface area contributed by atoms with E-state index in [0.717, 1.165) is 12.5 Å². The topological polar surface area (TPSA) is 41.1 Å². The third-order valence-corrected chi connectivity index (χ3v) is 3.56. The minimum atomic E-state index is 0.107. The Morgan fingerprint density at radius 1 is 1.40 bits per heavy atom. The van der Waals surface area contributed by atoms with Gasteiger partial charge in [0.2, 0.25) is 5.91 Å². The number of hydrogen-bond acceptors (Lipinski definition) is 3. The summed E-state index contributed by atoms with van der Waals surface area (Å²) in [5, 5.41) is 6.11. The van der Waals surface area contributed by atoms with Gasteiger partial charge in [-0.3, -0.25) is 4.79 Å². The lowest BCUT2D eigenvalue weighted by atomic mass is 10.0. The first-order chi connectivity index (χ1) is 7.18. The highest BCUT2D eigenvalue weighted by Crippen LogP contribution is 2.21. The van der Waals surface area contributed by atoms with Gasteiger partial charge in [0.1, 0.15) is 0 Å². The van der Waals surface area contributed by atoms with Gasteiger partial charge in [-0.1, -0.05) is 0 Å². The van der Waals surface area contributed by atoms with Crippen LogP contribution in [0.1, 0.15) is 26.7 Å². The van der Waals surface area contributed by atoms with Crippen molar-refractivity contribution in [3.05, 3.63) is 0 Å². The maximum atomic E-state index is 11.3. The van der Waals surface area contributed by atoms with Crippen LogP contribution in [-0.2, 0) is 4.79 Å². The molecule has 1 amide bonds. The Bertz CT molecular complexity index is 191. The van der Waals surface area contributed by atoms with Crippen molar-refractivity contribution in [2.75, 3.05) is 24.6 Å². The molecule has 0 aromatic rings. The third-order valence-electron chi connectivity index (χ3n) is 2.51. The predicted molar refractivity (Wildman–Crippen MR) is 66.2 cm³/mol. The van der Waals surface area contributed by atoms with Crippen LogP contribution in [0, 0.1) is 5.92 Å². The number of amides is 1. The fraction of sp³-hybridized carbons (Fsp3) is 0.909. The Morgan fingerprint density at radius 3 is 2.67 bits per heavy atom. The second-order valence-corrected chi connectivity index (χ2v) is 5.63. The van der Waals surface area contributed by atoms with Gasteiger partial charge in [0, 0.05) is 6.04 Å². The number of nitrogens with one attached hydrogen (secondary N) is 2. The molecule has 0 aliphatic carbocycles. The van der Waals surface area contributed by atoms with Crippen LogP contribution in [0.2, 0.25) is 0 Å². The number of carbonyl (C=O) groups is 1. The summed E-state index contributed by atoms with van der Waals surface area (Å²) in [7, 11) is 0. The van der Waals surface area contributed by atoms with Crippen LogP contribution in [0.5, 0.6) is 0 Å². The van der Waals surface area contributed by atoms with Crippen molar-refractivity contribution in [1.82, 2.24) is 10.6 Å². The molecule has 1 heterocycles. The molecule has 0 bridgehead atoms. The zero-order valence-electron chi connectivity index (χ0n) is 9.71. The summed E-state index contributed by atoms with van der Waals surface area (Å²) in [6.45, 7) is 5.42. The van der Waals surface area contributed by atoms with E-state index in [9.17, 15) is 4.79 Å². The highest BCUT2D eigenvalue weighted by molar-refractivity contribution is 7.99. The molecular weight excluding hydrogens is 208 g/mol. The van der Waals surface area contributed by atoms with Crippen molar-refractivity contribution >= 4 is 17.7 Å². The van der Waals surface area contributed by atoms with E-state index in [1.165, 1.54) is 24.3 Å². The van der Waals surface area contributed by atoms with E-state index < -0.39 is 0 Å². The molecule has 2 N–H and O–H groups in total. The SMILES string of the molecule is CC(C)NC(=O)CNCC1CCSCC1. The van der Waals surface area contributed by atoms with Gasteiger partial charge in [0.25, 0.3) is 0 Å². The summed E-state index contributed by atoms with van der Waals surface area (Å²) in [6, 6.07) is 0.241. The summed E-state index contributed by atoms with van der Waals surface area (Å²) in [6.07, 6.45) is 2.59. The Balaban J connectivity index is 2.02. The van der Waals surface area contributed by atoms with Crippen molar-refractivity contribution in [1.29, 1.82) is 0 Å². The Kier molecular flexibility index (Phi) is 6.10. The van der Waals surface area contributed by atoms with Crippen molar-refractivity contribution in [3.63, 3.8) is 0 Å². The fourth-order valence-electron chi connectivity index (χ4n) is 1.71. The van der Waals surface area contributed by atoms with E-state index in [1.54, 1.807) is 0 Å². The molecule has 1 aliphatic rings. The summed E-state index contributed by atoms with van der Waals surface area (Å²) in [4.78, 5) is 11.3. The van der Waals surface area contributed by atoms with E-state index in [0.29, 0.717) is 6.54 Å². The van der Waals surface area contributed by atoms with Crippen LogP contribution in [-0.4, -0.2) is 36.5 Å². The van der Waals surface area contributed by atoms with E-state index in [1.807, 2.05) is 25.6 Å². The number of thioether (sulfide) groups is 1. The van der Waals surface area contributed by atoms with E-state index in [4.69, 9.17) is 0 Å². The highest BCUT2D eigenvalue weighted by atomic mass is 32.2. The monoisotopic (exact) mass is 230 g/mol. The van der Waals surface area contributed by atoms with Gasteiger partial charge in [0.15, 0.2) is 0 Å². The van der Waals surface area contributed by atoms with Crippen LogP contribution in [0.4, 0.5) is 0 Å². The zero-order chi connectivity index (χ0) is 11.1. The van der Waals surface area contributed by atoms with E-state index in [-0.39, 0.29) is 11.9 Å². The summed E-state index contributed by atoms with van der Waals surface area (Å²) < 4.78 is 0. The van der Waals surface area contributed by atoms with E-state index in [2.05, 4.69) is 10.6 Å². The first kappa shape index (κ1) is 12.8. The molecule has 0 aromatic carbocycles. The lowest BCUT2D eigenvalue weighted by Gasteiger charge is -2.21. The minimum absolute atomic E-state index is 0.107. The largest absolute Gasteiger partial charge is 0.353 e. The molecule has 0 radical (unpaired) electrons. The van der Waals surface area contributed by atoms with Gasteiger partial charge in [0.05, 0.1) is 6.54 Å². The average Bonchev–Trinajstić information content (AvgIpc) is 2.18. The lowest BCUT2D eigenvalue weighted by Crippen LogP contribution is -2.39. The number of carbonyl (C=O) groups excluding carboxylic acids is 1. The molecule has 0 atom stereocenters. The standard InChI is InChI=1S/C11H22N2OS/c1-9(2)13-11(14)8-12-7-10-3-5-15-6-4-10/h9-10,12H,3-8H2,1-2H3,(H,13,14). The van der Waals surface area contributed by atoms with Gasteiger partial charge < -0.3 is 10.6 Å². The molecule has 1 rings (SSSR count). The molecule has 3 nitrogen and oxygen atoms in total. The Hall–Kier alpha value is -0.220. The number of hydrogen-bond donors (Lipinski definition) is 2. The maximum Gasteiger partial charge on any atom is 0.234 e. The number of rotatable bonds is 5. The molecule has 1 fully saturated rings. The van der Waals surface area contributed by atoms with Gasteiger partial charge >= 0.3 is 0 Å². The zero-order valence-corrected chi connectivity index (χ0v) is 10.5. The molecule has 1 aliphatic heterocycles. The Morgan fingerprint density at radius 2 is 2.07 bits per heavy atom. The van der Waals surface area contributed by atoms with Crippen LogP contribution < -0.4 is 10.6 Å². The van der Waals surface area contributed by atoms with Crippen molar-refractivity contribution in [2.45, 2.75) is 32.7 Å². The van der Waals surface area contributed by atoms with Crippen molar-refractivity contribution < 1.29 is 4.79 Å². The lowest BCUT2D eigenvalue weighted by molar-refractivity contribution is -0.120. The molecule has 0 saturated carbocycles. The fourth-order valence-corrected chi connectivity index (χ4v) is 2.92. The smallest absolute Gasteiger partial charge is 0.234 e. The minimum Gasteiger partial charge on any atom is -0.353 e. The summed E-state index contributed by atoms with van der Waals surface area (Å²) in [5.41, 5.74) is 0. The van der Waals surface area contributed by atoms with Crippen LogP contribution in [0.25, 0.3) is 0 Å². The molecule has 1 saturated heterocycles. The second-order valence-electron chi connectivity index (χ2n) is 4.41.